The normalized spacial score (nSPS) is 11.4. The first-order chi connectivity index (χ1) is 12.8. The summed E-state index contributed by atoms with van der Waals surface area (Å²) in [6.07, 6.45) is -1.12. The van der Waals surface area contributed by atoms with Gasteiger partial charge in [0, 0.05) is 23.7 Å². The number of ether oxygens (including phenoxy) is 2. The second kappa shape index (κ2) is 9.00. The smallest absolute Gasteiger partial charge is 0.342 e. The maximum atomic E-state index is 12.3. The maximum absolute atomic E-state index is 12.3. The Bertz CT molecular complexity index is 871. The molecule has 0 fully saturated rings. The van der Waals surface area contributed by atoms with Crippen LogP contribution in [0.4, 0.5) is 5.69 Å². The quantitative estimate of drug-likeness (QED) is 0.440. The third kappa shape index (κ3) is 5.18. The van der Waals surface area contributed by atoms with E-state index in [0.29, 0.717) is 10.6 Å². The highest BCUT2D eigenvalue weighted by Crippen LogP contribution is 2.25. The van der Waals surface area contributed by atoms with Crippen LogP contribution >= 0.6 is 11.6 Å². The molecule has 1 amide bonds. The average molecular weight is 393 g/mol. The topological polar surface area (TPSA) is 108 Å². The van der Waals surface area contributed by atoms with Crippen molar-refractivity contribution in [1.29, 1.82) is 0 Å². The fourth-order valence-electron chi connectivity index (χ4n) is 2.21. The van der Waals surface area contributed by atoms with Gasteiger partial charge < -0.3 is 14.8 Å². The monoisotopic (exact) mass is 392 g/mol. The third-order valence-electron chi connectivity index (χ3n) is 3.68. The van der Waals surface area contributed by atoms with Gasteiger partial charge >= 0.3 is 5.97 Å². The molecule has 9 heteroatoms. The molecule has 2 rings (SSSR count). The fraction of sp³-hybridized carbons (Fsp3) is 0.222. The van der Waals surface area contributed by atoms with Gasteiger partial charge in [-0.25, -0.2) is 4.79 Å². The van der Waals surface area contributed by atoms with E-state index in [4.69, 9.17) is 21.1 Å². The van der Waals surface area contributed by atoms with Crippen molar-refractivity contribution in [3.63, 3.8) is 0 Å². The number of non-ortho nitro benzene ring substituents is 1. The lowest BCUT2D eigenvalue weighted by Gasteiger charge is -2.15. The fourth-order valence-corrected chi connectivity index (χ4v) is 2.42. The summed E-state index contributed by atoms with van der Waals surface area (Å²) in [4.78, 5) is 34.7. The second-order valence-electron chi connectivity index (χ2n) is 5.50. The Hall–Kier alpha value is -3.13. The van der Waals surface area contributed by atoms with E-state index < -0.39 is 22.9 Å². The molecule has 0 aliphatic heterocycles. The molecule has 0 aliphatic rings. The number of nitrogens with one attached hydrogen (secondary N) is 1. The molecule has 0 saturated heterocycles. The van der Waals surface area contributed by atoms with E-state index in [0.717, 1.165) is 6.07 Å². The zero-order valence-electron chi connectivity index (χ0n) is 14.6. The molecule has 1 atom stereocenters. The molecule has 0 heterocycles. The number of methoxy groups -OCH3 is 1. The lowest BCUT2D eigenvalue weighted by molar-refractivity contribution is -0.384. The minimum Gasteiger partial charge on any atom is -0.496 e. The molecule has 0 bridgehead atoms. The molecule has 142 valence electrons. The highest BCUT2D eigenvalue weighted by Gasteiger charge is 2.23. The molecular formula is C18H17ClN2O6. The van der Waals surface area contributed by atoms with Gasteiger partial charge in [0.2, 0.25) is 0 Å². The van der Waals surface area contributed by atoms with Crippen LogP contribution in [0, 0.1) is 10.1 Å². The van der Waals surface area contributed by atoms with E-state index >= 15 is 0 Å². The van der Waals surface area contributed by atoms with Crippen LogP contribution < -0.4 is 10.1 Å². The van der Waals surface area contributed by atoms with Crippen molar-refractivity contribution in [3.8, 4) is 5.75 Å². The molecule has 0 spiro atoms. The molecule has 27 heavy (non-hydrogen) atoms. The molecule has 2 aromatic carbocycles. The number of benzene rings is 2. The van der Waals surface area contributed by atoms with E-state index in [9.17, 15) is 19.7 Å². The summed E-state index contributed by atoms with van der Waals surface area (Å²) >= 11 is 6.02. The van der Waals surface area contributed by atoms with Crippen LogP contribution in [0.2, 0.25) is 5.02 Å². The van der Waals surface area contributed by atoms with Gasteiger partial charge in [0.05, 0.1) is 12.0 Å². The van der Waals surface area contributed by atoms with Crippen LogP contribution in [0.3, 0.4) is 0 Å². The van der Waals surface area contributed by atoms with E-state index in [1.807, 2.05) is 0 Å². The Balaban J connectivity index is 2.04. The lowest BCUT2D eigenvalue weighted by atomic mass is 10.1. The lowest BCUT2D eigenvalue weighted by Crippen LogP contribution is -2.35. The van der Waals surface area contributed by atoms with Gasteiger partial charge in [-0.1, -0.05) is 29.8 Å². The summed E-state index contributed by atoms with van der Waals surface area (Å²) in [5.41, 5.74) is 0.280. The van der Waals surface area contributed by atoms with Gasteiger partial charge in [-0.15, -0.1) is 0 Å². The zero-order valence-corrected chi connectivity index (χ0v) is 15.4. The molecule has 0 saturated carbocycles. The number of nitrogens with zero attached hydrogens (tertiary/aromatic N) is 1. The van der Waals surface area contributed by atoms with Crippen molar-refractivity contribution >= 4 is 29.2 Å². The maximum Gasteiger partial charge on any atom is 0.342 e. The van der Waals surface area contributed by atoms with Gasteiger partial charge in [0.15, 0.2) is 6.10 Å². The van der Waals surface area contributed by atoms with Crippen molar-refractivity contribution in [2.24, 2.45) is 0 Å². The number of hydrogen-bond donors (Lipinski definition) is 1. The highest BCUT2D eigenvalue weighted by atomic mass is 35.5. The Morgan fingerprint density at radius 2 is 1.96 bits per heavy atom. The predicted octanol–water partition coefficient (Wildman–Crippen LogP) is 3.12. The Morgan fingerprint density at radius 3 is 2.59 bits per heavy atom. The van der Waals surface area contributed by atoms with Crippen LogP contribution in [-0.2, 0) is 16.1 Å². The molecule has 0 unspecified atom stereocenters. The zero-order chi connectivity index (χ0) is 20.0. The SMILES string of the molecule is COc1ccc([N+](=O)[O-])cc1C(=O)O[C@@H](C)C(=O)NCc1ccccc1Cl. The van der Waals surface area contributed by atoms with Crippen LogP contribution in [0.5, 0.6) is 5.75 Å². The summed E-state index contributed by atoms with van der Waals surface area (Å²) in [6.45, 7) is 1.56. The van der Waals surface area contributed by atoms with Crippen molar-refractivity contribution in [2.45, 2.75) is 19.6 Å². The number of carbonyl (C=O) groups is 2. The number of amides is 1. The van der Waals surface area contributed by atoms with Gasteiger partial charge in [-0.05, 0) is 24.6 Å². The summed E-state index contributed by atoms with van der Waals surface area (Å²) in [6, 6.07) is 10.5. The first kappa shape index (κ1) is 20.2. The second-order valence-corrected chi connectivity index (χ2v) is 5.91. The minimum atomic E-state index is -1.12. The molecule has 0 radical (unpaired) electrons. The van der Waals surface area contributed by atoms with Crippen LogP contribution in [0.1, 0.15) is 22.8 Å². The summed E-state index contributed by atoms with van der Waals surface area (Å²) in [5.74, 6) is -1.34. The number of hydrogen-bond acceptors (Lipinski definition) is 6. The van der Waals surface area contributed by atoms with Gasteiger partial charge in [-0.2, -0.15) is 0 Å². The van der Waals surface area contributed by atoms with Crippen LogP contribution in [0.15, 0.2) is 42.5 Å². The largest absolute Gasteiger partial charge is 0.496 e. The van der Waals surface area contributed by atoms with Crippen molar-refractivity contribution in [3.05, 3.63) is 68.7 Å². The number of halogens is 1. The number of nitro benzene ring substituents is 1. The molecule has 0 aliphatic carbocycles. The van der Waals surface area contributed by atoms with Gasteiger partial charge in [0.1, 0.15) is 11.3 Å². The first-order valence-corrected chi connectivity index (χ1v) is 8.25. The number of nitro groups is 1. The minimum absolute atomic E-state index is 0.106. The third-order valence-corrected chi connectivity index (χ3v) is 4.05. The number of esters is 1. The Morgan fingerprint density at radius 1 is 1.26 bits per heavy atom. The summed E-state index contributed by atoms with van der Waals surface area (Å²) < 4.78 is 10.1. The molecular weight excluding hydrogens is 376 g/mol. The van der Waals surface area contributed by atoms with E-state index in [1.165, 1.54) is 26.2 Å². The van der Waals surface area contributed by atoms with Gasteiger partial charge in [-0.3, -0.25) is 14.9 Å². The average Bonchev–Trinajstić information content (AvgIpc) is 2.66. The number of carbonyl (C=O) groups excluding carboxylic acids is 2. The Labute approximate surface area is 160 Å². The van der Waals surface area contributed by atoms with Crippen LogP contribution in [0.25, 0.3) is 0 Å². The molecule has 8 nitrogen and oxygen atoms in total. The number of rotatable bonds is 7. The van der Waals surface area contributed by atoms with E-state index in [2.05, 4.69) is 5.32 Å². The summed E-state index contributed by atoms with van der Waals surface area (Å²) in [5, 5.41) is 14.0. The van der Waals surface area contributed by atoms with Crippen molar-refractivity contribution in [2.75, 3.05) is 7.11 Å². The van der Waals surface area contributed by atoms with Crippen LogP contribution in [-0.4, -0.2) is 30.0 Å². The first-order valence-electron chi connectivity index (χ1n) is 7.88. The van der Waals surface area contributed by atoms with E-state index in [1.54, 1.807) is 24.3 Å². The molecule has 1 N–H and O–H groups in total. The van der Waals surface area contributed by atoms with Crippen molar-refractivity contribution < 1.29 is 24.0 Å². The van der Waals surface area contributed by atoms with E-state index in [-0.39, 0.29) is 23.5 Å². The summed E-state index contributed by atoms with van der Waals surface area (Å²) in [7, 11) is 1.32. The Kier molecular flexibility index (Phi) is 6.73. The molecule has 2 aromatic rings. The molecule has 0 aromatic heterocycles. The highest BCUT2D eigenvalue weighted by molar-refractivity contribution is 6.31. The van der Waals surface area contributed by atoms with Crippen molar-refractivity contribution in [1.82, 2.24) is 5.32 Å². The predicted molar refractivity (Wildman–Crippen MR) is 97.8 cm³/mol. The standard InChI is InChI=1S/C18H17ClN2O6/c1-11(17(22)20-10-12-5-3-4-6-15(12)19)27-18(23)14-9-13(21(24)25)7-8-16(14)26-2/h3-9,11H,10H2,1-2H3,(H,20,22)/t11-/m0/s1. The van der Waals surface area contributed by atoms with Gasteiger partial charge in [0.25, 0.3) is 11.6 Å².